The zero-order chi connectivity index (χ0) is 7.84. The fourth-order valence-corrected chi connectivity index (χ4v) is 1.84. The molecule has 0 aliphatic carbocycles. The quantitative estimate of drug-likeness (QED) is 0.593. The number of hydrogen-bond acceptors (Lipinski definition) is 3. The van der Waals surface area contributed by atoms with Crippen LogP contribution in [-0.4, -0.2) is 49.2 Å². The van der Waals surface area contributed by atoms with E-state index in [1.54, 1.807) is 0 Å². The Morgan fingerprint density at radius 3 is 2.27 bits per heavy atom. The maximum atomic E-state index is 3.51. The molecule has 1 N–H and O–H groups in total. The van der Waals surface area contributed by atoms with Crippen molar-refractivity contribution in [1.82, 2.24) is 15.3 Å². The van der Waals surface area contributed by atoms with Crippen LogP contribution < -0.4 is 5.43 Å². The smallest absolute Gasteiger partial charge is 0.0469 e. The predicted molar refractivity (Wildman–Crippen MR) is 45.2 cm³/mol. The normalized spacial score (nSPS) is 30.0. The molecule has 0 bridgehead atoms. The molecular weight excluding hydrogens is 138 g/mol. The number of hydrogen-bond donors (Lipinski definition) is 1. The van der Waals surface area contributed by atoms with Crippen molar-refractivity contribution in [3.05, 3.63) is 0 Å². The summed E-state index contributed by atoms with van der Waals surface area (Å²) in [7, 11) is 2.16. The minimum atomic E-state index is 0.729. The molecule has 0 aromatic rings. The number of likely N-dealkylation sites (N-methyl/N-ethyl adjacent to an activating group) is 1. The van der Waals surface area contributed by atoms with Crippen LogP contribution in [0.3, 0.4) is 0 Å². The second-order valence-electron chi connectivity index (χ2n) is 4.06. The molecule has 3 nitrogen and oxygen atoms in total. The summed E-state index contributed by atoms with van der Waals surface area (Å²) in [5.41, 5.74) is 3.51. The Morgan fingerprint density at radius 1 is 1.18 bits per heavy atom. The molecule has 2 heterocycles. The number of hydrazine groups is 1. The van der Waals surface area contributed by atoms with Gasteiger partial charge in [0.05, 0.1) is 0 Å². The second kappa shape index (κ2) is 2.73. The summed E-state index contributed by atoms with van der Waals surface area (Å²) < 4.78 is 0. The summed E-state index contributed by atoms with van der Waals surface area (Å²) in [6.45, 7) is 7.20. The van der Waals surface area contributed by atoms with Crippen LogP contribution in [0.4, 0.5) is 0 Å². The van der Waals surface area contributed by atoms with Gasteiger partial charge < -0.3 is 4.90 Å². The van der Waals surface area contributed by atoms with Gasteiger partial charge in [0.15, 0.2) is 0 Å². The molecule has 2 aliphatic heterocycles. The van der Waals surface area contributed by atoms with Crippen LogP contribution in [0.1, 0.15) is 6.92 Å². The summed E-state index contributed by atoms with van der Waals surface area (Å²) in [5, 5.41) is 2.34. The molecule has 0 amide bonds. The maximum absolute atomic E-state index is 3.51. The van der Waals surface area contributed by atoms with E-state index >= 15 is 0 Å². The molecule has 64 valence electrons. The lowest BCUT2D eigenvalue weighted by Crippen LogP contribution is -2.64. The van der Waals surface area contributed by atoms with Crippen LogP contribution in [0.25, 0.3) is 0 Å². The van der Waals surface area contributed by atoms with E-state index in [2.05, 4.69) is 29.3 Å². The largest absolute Gasteiger partial charge is 0.303 e. The van der Waals surface area contributed by atoms with Gasteiger partial charge in [0.25, 0.3) is 0 Å². The van der Waals surface area contributed by atoms with Crippen molar-refractivity contribution in [3.63, 3.8) is 0 Å². The molecule has 2 saturated heterocycles. The molecule has 0 radical (unpaired) electrons. The summed E-state index contributed by atoms with van der Waals surface area (Å²) in [6.07, 6.45) is 0. The van der Waals surface area contributed by atoms with Gasteiger partial charge in [0.1, 0.15) is 0 Å². The Hall–Kier alpha value is -0.120. The molecule has 0 aromatic carbocycles. The number of rotatable bonds is 2. The van der Waals surface area contributed by atoms with E-state index in [1.807, 2.05) is 0 Å². The lowest BCUT2D eigenvalue weighted by atomic mass is 10.1. The standard InChI is InChI=1S/C8H17N3/c1-7-3-11(4-7)9-8-5-10(2)6-8/h7-9H,3-6H2,1-2H3. The Morgan fingerprint density at radius 2 is 1.82 bits per heavy atom. The average Bonchev–Trinajstić information content (AvgIpc) is 1.81. The molecule has 0 aromatic heterocycles. The third-order valence-corrected chi connectivity index (χ3v) is 2.49. The SMILES string of the molecule is CC1CN(NC2CN(C)C2)C1. The minimum Gasteiger partial charge on any atom is -0.303 e. The first kappa shape index (κ1) is 7.53. The third-order valence-electron chi connectivity index (χ3n) is 2.49. The summed E-state index contributed by atoms with van der Waals surface area (Å²) in [5.74, 6) is 0.903. The lowest BCUT2D eigenvalue weighted by molar-refractivity contribution is 0.000285. The second-order valence-corrected chi connectivity index (χ2v) is 4.06. The van der Waals surface area contributed by atoms with Crippen molar-refractivity contribution in [1.29, 1.82) is 0 Å². The third kappa shape index (κ3) is 1.55. The first-order chi connectivity index (χ1) is 5.24. The van der Waals surface area contributed by atoms with E-state index in [4.69, 9.17) is 0 Å². The van der Waals surface area contributed by atoms with Gasteiger partial charge in [0.2, 0.25) is 0 Å². The number of nitrogens with one attached hydrogen (secondary N) is 1. The van der Waals surface area contributed by atoms with E-state index in [1.165, 1.54) is 26.2 Å². The first-order valence-electron chi connectivity index (χ1n) is 4.43. The van der Waals surface area contributed by atoms with Gasteiger partial charge in [0, 0.05) is 32.2 Å². The van der Waals surface area contributed by atoms with Crippen LogP contribution in [0.5, 0.6) is 0 Å². The number of likely N-dealkylation sites (tertiary alicyclic amines) is 1. The predicted octanol–water partition coefficient (Wildman–Crippen LogP) is -0.243. The van der Waals surface area contributed by atoms with Crippen LogP contribution in [0, 0.1) is 5.92 Å². The van der Waals surface area contributed by atoms with Crippen molar-refractivity contribution < 1.29 is 0 Å². The van der Waals surface area contributed by atoms with E-state index in [0.717, 1.165) is 12.0 Å². The highest BCUT2D eigenvalue weighted by Gasteiger charge is 2.29. The average molecular weight is 155 g/mol. The summed E-state index contributed by atoms with van der Waals surface area (Å²) >= 11 is 0. The van der Waals surface area contributed by atoms with Gasteiger partial charge in [-0.25, -0.2) is 10.4 Å². The molecule has 3 heteroatoms. The Balaban J connectivity index is 1.61. The van der Waals surface area contributed by atoms with E-state index in [0.29, 0.717) is 0 Å². The van der Waals surface area contributed by atoms with E-state index in [9.17, 15) is 0 Å². The highest BCUT2D eigenvalue weighted by atomic mass is 15.6. The van der Waals surface area contributed by atoms with Gasteiger partial charge >= 0.3 is 0 Å². The van der Waals surface area contributed by atoms with Crippen LogP contribution in [-0.2, 0) is 0 Å². The topological polar surface area (TPSA) is 18.5 Å². The minimum absolute atomic E-state index is 0.729. The van der Waals surface area contributed by atoms with Crippen molar-refractivity contribution in [3.8, 4) is 0 Å². The highest BCUT2D eigenvalue weighted by molar-refractivity contribution is 4.84. The fourth-order valence-electron chi connectivity index (χ4n) is 1.84. The fraction of sp³-hybridized carbons (Fsp3) is 1.00. The lowest BCUT2D eigenvalue weighted by Gasteiger charge is -2.45. The van der Waals surface area contributed by atoms with Gasteiger partial charge in [-0.1, -0.05) is 6.92 Å². The Labute approximate surface area is 68.3 Å². The molecule has 11 heavy (non-hydrogen) atoms. The molecule has 0 unspecified atom stereocenters. The van der Waals surface area contributed by atoms with Crippen LogP contribution in [0.15, 0.2) is 0 Å². The molecule has 0 spiro atoms. The number of nitrogens with zero attached hydrogens (tertiary/aromatic N) is 2. The Kier molecular flexibility index (Phi) is 1.87. The summed E-state index contributed by atoms with van der Waals surface area (Å²) in [4.78, 5) is 2.33. The molecular formula is C8H17N3. The van der Waals surface area contributed by atoms with Crippen molar-refractivity contribution in [2.75, 3.05) is 33.2 Å². The molecule has 2 aliphatic rings. The maximum Gasteiger partial charge on any atom is 0.0469 e. The molecule has 2 rings (SSSR count). The van der Waals surface area contributed by atoms with Gasteiger partial charge in [-0.2, -0.15) is 0 Å². The van der Waals surface area contributed by atoms with Gasteiger partial charge in [-0.3, -0.25) is 0 Å². The monoisotopic (exact) mass is 155 g/mol. The van der Waals surface area contributed by atoms with Crippen LogP contribution >= 0.6 is 0 Å². The highest BCUT2D eigenvalue weighted by Crippen LogP contribution is 2.13. The zero-order valence-corrected chi connectivity index (χ0v) is 7.38. The van der Waals surface area contributed by atoms with Crippen molar-refractivity contribution in [2.45, 2.75) is 13.0 Å². The molecule has 0 atom stereocenters. The molecule has 0 saturated carbocycles. The van der Waals surface area contributed by atoms with E-state index in [-0.39, 0.29) is 0 Å². The first-order valence-corrected chi connectivity index (χ1v) is 4.43. The summed E-state index contributed by atoms with van der Waals surface area (Å²) in [6, 6.07) is 0.729. The Bertz CT molecular complexity index is 120. The van der Waals surface area contributed by atoms with E-state index < -0.39 is 0 Å². The zero-order valence-electron chi connectivity index (χ0n) is 7.38. The van der Waals surface area contributed by atoms with Crippen molar-refractivity contribution >= 4 is 0 Å². The van der Waals surface area contributed by atoms with Crippen LogP contribution in [0.2, 0.25) is 0 Å². The van der Waals surface area contributed by atoms with Crippen molar-refractivity contribution in [2.24, 2.45) is 5.92 Å². The molecule has 2 fully saturated rings. The van der Waals surface area contributed by atoms with Gasteiger partial charge in [-0.15, -0.1) is 0 Å². The van der Waals surface area contributed by atoms with Gasteiger partial charge in [-0.05, 0) is 13.0 Å².